The molecular weight excluding hydrogens is 352 g/mol. The highest BCUT2D eigenvalue weighted by Gasteiger charge is 2.25. The fraction of sp³-hybridized carbons (Fsp3) is 0.435. The molecule has 2 aromatic carbocycles. The SMILES string of the molecule is CCOc1ccccc1C(=O)N(Cc1ccc(N(C)C)cc1)C[C@@H]1CCCO1. The Bertz CT molecular complexity index is 768. The number of carbonyl (C=O) groups is 1. The quantitative estimate of drug-likeness (QED) is 0.693. The number of hydrogen-bond donors (Lipinski definition) is 0. The molecule has 0 spiro atoms. The summed E-state index contributed by atoms with van der Waals surface area (Å²) in [7, 11) is 4.04. The summed E-state index contributed by atoms with van der Waals surface area (Å²) in [6.07, 6.45) is 2.15. The van der Waals surface area contributed by atoms with Gasteiger partial charge in [-0.1, -0.05) is 24.3 Å². The summed E-state index contributed by atoms with van der Waals surface area (Å²) in [5, 5.41) is 0. The number of para-hydroxylation sites is 1. The lowest BCUT2D eigenvalue weighted by molar-refractivity contribution is 0.0504. The average molecular weight is 383 g/mol. The lowest BCUT2D eigenvalue weighted by Crippen LogP contribution is -2.37. The summed E-state index contributed by atoms with van der Waals surface area (Å²) in [5.41, 5.74) is 2.85. The monoisotopic (exact) mass is 382 g/mol. The smallest absolute Gasteiger partial charge is 0.258 e. The maximum absolute atomic E-state index is 13.4. The maximum Gasteiger partial charge on any atom is 0.258 e. The van der Waals surface area contributed by atoms with Crippen LogP contribution < -0.4 is 9.64 Å². The molecule has 1 atom stereocenters. The molecule has 1 fully saturated rings. The van der Waals surface area contributed by atoms with Gasteiger partial charge in [-0.15, -0.1) is 0 Å². The van der Waals surface area contributed by atoms with Gasteiger partial charge in [-0.05, 0) is 49.6 Å². The first-order chi connectivity index (χ1) is 13.6. The second-order valence-corrected chi connectivity index (χ2v) is 7.31. The van der Waals surface area contributed by atoms with E-state index in [1.807, 2.05) is 50.2 Å². The summed E-state index contributed by atoms with van der Waals surface area (Å²) in [5.74, 6) is 0.617. The fourth-order valence-corrected chi connectivity index (χ4v) is 3.47. The molecule has 0 unspecified atom stereocenters. The van der Waals surface area contributed by atoms with Crippen molar-refractivity contribution in [3.05, 3.63) is 59.7 Å². The van der Waals surface area contributed by atoms with Gasteiger partial charge in [-0.3, -0.25) is 4.79 Å². The van der Waals surface area contributed by atoms with E-state index in [4.69, 9.17) is 9.47 Å². The Morgan fingerprint density at radius 3 is 2.54 bits per heavy atom. The van der Waals surface area contributed by atoms with Gasteiger partial charge in [-0.2, -0.15) is 0 Å². The van der Waals surface area contributed by atoms with Crippen molar-refractivity contribution in [2.75, 3.05) is 38.8 Å². The lowest BCUT2D eigenvalue weighted by Gasteiger charge is -2.26. The number of anilines is 1. The summed E-state index contributed by atoms with van der Waals surface area (Å²) in [6, 6.07) is 15.8. The van der Waals surface area contributed by atoms with E-state index in [0.717, 1.165) is 30.7 Å². The predicted molar refractivity (Wildman–Crippen MR) is 112 cm³/mol. The molecule has 0 bridgehead atoms. The first-order valence-corrected chi connectivity index (χ1v) is 9.97. The third-order valence-electron chi connectivity index (χ3n) is 4.98. The Labute approximate surface area is 167 Å². The number of amides is 1. The van der Waals surface area contributed by atoms with Gasteiger partial charge in [0.05, 0.1) is 18.3 Å². The molecule has 2 aromatic rings. The summed E-state index contributed by atoms with van der Waals surface area (Å²) >= 11 is 0. The van der Waals surface area contributed by atoms with Gasteiger partial charge in [0.1, 0.15) is 5.75 Å². The minimum absolute atomic E-state index is 0.0174. The van der Waals surface area contributed by atoms with Gasteiger partial charge < -0.3 is 19.3 Å². The Kier molecular flexibility index (Phi) is 6.93. The highest BCUT2D eigenvalue weighted by atomic mass is 16.5. The molecule has 150 valence electrons. The molecule has 5 heteroatoms. The molecule has 0 aromatic heterocycles. The molecule has 1 heterocycles. The van der Waals surface area contributed by atoms with Crippen LogP contribution >= 0.6 is 0 Å². The number of carbonyl (C=O) groups excluding carboxylic acids is 1. The van der Waals surface area contributed by atoms with E-state index in [1.165, 1.54) is 0 Å². The largest absolute Gasteiger partial charge is 0.493 e. The highest BCUT2D eigenvalue weighted by molar-refractivity contribution is 5.97. The van der Waals surface area contributed by atoms with Crippen LogP contribution in [0.1, 0.15) is 35.7 Å². The van der Waals surface area contributed by atoms with Gasteiger partial charge >= 0.3 is 0 Å². The van der Waals surface area contributed by atoms with Crippen LogP contribution in [0.5, 0.6) is 5.75 Å². The van der Waals surface area contributed by atoms with Crippen molar-refractivity contribution in [1.29, 1.82) is 0 Å². The molecule has 28 heavy (non-hydrogen) atoms. The first kappa shape index (κ1) is 20.2. The van der Waals surface area contributed by atoms with E-state index in [1.54, 1.807) is 0 Å². The zero-order valence-electron chi connectivity index (χ0n) is 17.1. The van der Waals surface area contributed by atoms with Crippen LogP contribution in [0.15, 0.2) is 48.5 Å². The minimum Gasteiger partial charge on any atom is -0.493 e. The number of rotatable bonds is 8. The van der Waals surface area contributed by atoms with Gasteiger partial charge in [0.2, 0.25) is 0 Å². The number of benzene rings is 2. The maximum atomic E-state index is 13.4. The molecule has 5 nitrogen and oxygen atoms in total. The van der Waals surface area contributed by atoms with Crippen molar-refractivity contribution in [3.8, 4) is 5.75 Å². The number of ether oxygens (including phenoxy) is 2. The first-order valence-electron chi connectivity index (χ1n) is 9.97. The summed E-state index contributed by atoms with van der Waals surface area (Å²) in [6.45, 7) is 4.38. The van der Waals surface area contributed by atoms with Crippen LogP contribution in [0.2, 0.25) is 0 Å². The molecule has 0 N–H and O–H groups in total. The van der Waals surface area contributed by atoms with E-state index in [2.05, 4.69) is 29.2 Å². The Morgan fingerprint density at radius 1 is 1.14 bits per heavy atom. The molecule has 0 aliphatic carbocycles. The van der Waals surface area contributed by atoms with Crippen LogP contribution in [0, 0.1) is 0 Å². The molecule has 1 aliphatic rings. The van der Waals surface area contributed by atoms with Crippen molar-refractivity contribution in [3.63, 3.8) is 0 Å². The molecule has 0 radical (unpaired) electrons. The van der Waals surface area contributed by atoms with Crippen molar-refractivity contribution in [2.24, 2.45) is 0 Å². The van der Waals surface area contributed by atoms with E-state index in [-0.39, 0.29) is 12.0 Å². The Balaban J connectivity index is 1.82. The van der Waals surface area contributed by atoms with Crippen LogP contribution in [0.3, 0.4) is 0 Å². The van der Waals surface area contributed by atoms with Crippen molar-refractivity contribution >= 4 is 11.6 Å². The third-order valence-corrected chi connectivity index (χ3v) is 4.98. The van der Waals surface area contributed by atoms with E-state index >= 15 is 0 Å². The van der Waals surface area contributed by atoms with Crippen LogP contribution in [-0.2, 0) is 11.3 Å². The number of hydrogen-bond acceptors (Lipinski definition) is 4. The third kappa shape index (κ3) is 5.04. The Morgan fingerprint density at radius 2 is 1.89 bits per heavy atom. The van der Waals surface area contributed by atoms with Crippen LogP contribution in [-0.4, -0.2) is 50.8 Å². The summed E-state index contributed by atoms with van der Waals surface area (Å²) < 4.78 is 11.5. The summed E-state index contributed by atoms with van der Waals surface area (Å²) in [4.78, 5) is 17.3. The standard InChI is InChI=1S/C23H30N2O3/c1-4-27-22-10-6-5-9-21(22)23(26)25(17-20-8-7-15-28-20)16-18-11-13-19(14-12-18)24(2)3/h5-6,9-14,20H,4,7-8,15-17H2,1-3H3/t20-/m0/s1. The molecule has 1 amide bonds. The average Bonchev–Trinajstić information content (AvgIpc) is 3.21. The minimum atomic E-state index is -0.0174. The fourth-order valence-electron chi connectivity index (χ4n) is 3.47. The molecule has 0 saturated carbocycles. The zero-order valence-corrected chi connectivity index (χ0v) is 17.1. The highest BCUT2D eigenvalue weighted by Crippen LogP contribution is 2.23. The molecule has 3 rings (SSSR count). The second kappa shape index (κ2) is 9.60. The Hall–Kier alpha value is -2.53. The van der Waals surface area contributed by atoms with Crippen LogP contribution in [0.4, 0.5) is 5.69 Å². The van der Waals surface area contributed by atoms with E-state index < -0.39 is 0 Å². The van der Waals surface area contributed by atoms with Crippen molar-refractivity contribution in [1.82, 2.24) is 4.90 Å². The number of nitrogens with zero attached hydrogens (tertiary/aromatic N) is 2. The van der Waals surface area contributed by atoms with Gasteiger partial charge in [-0.25, -0.2) is 0 Å². The van der Waals surface area contributed by atoms with E-state index in [9.17, 15) is 4.79 Å². The van der Waals surface area contributed by atoms with Gasteiger partial charge in [0, 0.05) is 39.5 Å². The zero-order chi connectivity index (χ0) is 19.9. The predicted octanol–water partition coefficient (Wildman–Crippen LogP) is 3.97. The van der Waals surface area contributed by atoms with Crippen molar-refractivity contribution < 1.29 is 14.3 Å². The topological polar surface area (TPSA) is 42.0 Å². The van der Waals surface area contributed by atoms with Crippen molar-refractivity contribution in [2.45, 2.75) is 32.4 Å². The molecular formula is C23H30N2O3. The van der Waals surface area contributed by atoms with Crippen LogP contribution in [0.25, 0.3) is 0 Å². The van der Waals surface area contributed by atoms with E-state index in [0.29, 0.717) is 31.0 Å². The molecule has 1 aliphatic heterocycles. The second-order valence-electron chi connectivity index (χ2n) is 7.31. The normalized spacial score (nSPS) is 16.0. The molecule has 1 saturated heterocycles. The van der Waals surface area contributed by atoms with Gasteiger partial charge in [0.15, 0.2) is 0 Å². The lowest BCUT2D eigenvalue weighted by atomic mass is 10.1. The van der Waals surface area contributed by atoms with Gasteiger partial charge in [0.25, 0.3) is 5.91 Å².